The third-order valence-electron chi connectivity index (χ3n) is 3.60. The summed E-state index contributed by atoms with van der Waals surface area (Å²) in [4.78, 5) is 2.23. The van der Waals surface area contributed by atoms with E-state index in [1.807, 2.05) is 0 Å². The molecule has 0 bridgehead atoms. The fourth-order valence-electron chi connectivity index (χ4n) is 2.35. The fourth-order valence-corrected chi connectivity index (χ4v) is 2.35. The van der Waals surface area contributed by atoms with Crippen molar-refractivity contribution in [3.8, 4) is 0 Å². The van der Waals surface area contributed by atoms with Crippen LogP contribution in [-0.4, -0.2) is 38.6 Å². The van der Waals surface area contributed by atoms with Gasteiger partial charge >= 0.3 is 0 Å². The maximum atomic E-state index is 3.53. The number of hydrogen-bond donors (Lipinski definition) is 1. The zero-order valence-electron chi connectivity index (χ0n) is 10.8. The van der Waals surface area contributed by atoms with Crippen LogP contribution in [0.25, 0.3) is 0 Å². The second kappa shape index (κ2) is 7.24. The number of nitrogens with zero attached hydrogens (tertiary/aromatic N) is 1. The molecule has 90 valence electrons. The Morgan fingerprint density at radius 2 is 1.73 bits per heavy atom. The van der Waals surface area contributed by atoms with Gasteiger partial charge in [-0.05, 0) is 38.9 Å². The predicted octanol–water partition coefficient (Wildman–Crippen LogP) is 2.35. The molecule has 1 aliphatic rings. The third-order valence-corrected chi connectivity index (χ3v) is 3.60. The lowest BCUT2D eigenvalue weighted by atomic mass is 9.81. The molecule has 0 saturated heterocycles. The van der Waals surface area contributed by atoms with E-state index in [9.17, 15) is 0 Å². The van der Waals surface area contributed by atoms with Crippen LogP contribution in [-0.2, 0) is 0 Å². The summed E-state index contributed by atoms with van der Waals surface area (Å²) in [6.07, 6.45) is 7.25. The molecule has 1 fully saturated rings. The van der Waals surface area contributed by atoms with Crippen molar-refractivity contribution in [1.29, 1.82) is 0 Å². The van der Waals surface area contributed by atoms with Crippen LogP contribution in [0.2, 0.25) is 0 Å². The molecular formula is C13H28N2. The van der Waals surface area contributed by atoms with Crippen LogP contribution >= 0.6 is 0 Å². The Morgan fingerprint density at radius 3 is 2.33 bits per heavy atom. The van der Waals surface area contributed by atoms with Crippen LogP contribution in [0.4, 0.5) is 0 Å². The number of nitrogens with one attached hydrogen (secondary N) is 1. The van der Waals surface area contributed by atoms with Crippen LogP contribution in [0.3, 0.4) is 0 Å². The van der Waals surface area contributed by atoms with Gasteiger partial charge in [-0.3, -0.25) is 0 Å². The minimum Gasteiger partial charge on any atom is -0.315 e. The van der Waals surface area contributed by atoms with E-state index in [0.29, 0.717) is 0 Å². The summed E-state index contributed by atoms with van der Waals surface area (Å²) < 4.78 is 0. The lowest BCUT2D eigenvalue weighted by molar-refractivity contribution is 0.274. The van der Waals surface area contributed by atoms with Gasteiger partial charge in [-0.1, -0.05) is 32.6 Å². The SMILES string of the molecule is CC1CCC(CCNCCN(C)C)CC1. The van der Waals surface area contributed by atoms with Gasteiger partial charge in [0.15, 0.2) is 0 Å². The Hall–Kier alpha value is -0.0800. The zero-order chi connectivity index (χ0) is 11.1. The van der Waals surface area contributed by atoms with Gasteiger partial charge in [0.1, 0.15) is 0 Å². The average molecular weight is 212 g/mol. The molecule has 0 spiro atoms. The summed E-state index contributed by atoms with van der Waals surface area (Å²) in [5.74, 6) is 2.00. The molecule has 0 aromatic carbocycles. The number of likely N-dealkylation sites (N-methyl/N-ethyl adjacent to an activating group) is 1. The summed E-state index contributed by atoms with van der Waals surface area (Å²) in [5.41, 5.74) is 0. The fraction of sp³-hybridized carbons (Fsp3) is 1.00. The van der Waals surface area contributed by atoms with Crippen molar-refractivity contribution in [2.45, 2.75) is 39.0 Å². The third kappa shape index (κ3) is 6.16. The van der Waals surface area contributed by atoms with Gasteiger partial charge in [0, 0.05) is 13.1 Å². The number of hydrogen-bond acceptors (Lipinski definition) is 2. The second-order valence-corrected chi connectivity index (χ2v) is 5.47. The highest BCUT2D eigenvalue weighted by Gasteiger charge is 2.17. The summed E-state index contributed by atoms with van der Waals surface area (Å²) in [7, 11) is 4.26. The molecule has 2 heteroatoms. The quantitative estimate of drug-likeness (QED) is 0.680. The van der Waals surface area contributed by atoms with Gasteiger partial charge in [0.25, 0.3) is 0 Å². The molecule has 1 aliphatic carbocycles. The van der Waals surface area contributed by atoms with E-state index < -0.39 is 0 Å². The molecular weight excluding hydrogens is 184 g/mol. The minimum absolute atomic E-state index is 0.989. The smallest absolute Gasteiger partial charge is 0.0101 e. The Morgan fingerprint density at radius 1 is 1.07 bits per heavy atom. The van der Waals surface area contributed by atoms with Gasteiger partial charge in [-0.2, -0.15) is 0 Å². The van der Waals surface area contributed by atoms with E-state index >= 15 is 0 Å². The van der Waals surface area contributed by atoms with Crippen molar-refractivity contribution < 1.29 is 0 Å². The molecule has 0 aromatic rings. The van der Waals surface area contributed by atoms with Crippen LogP contribution in [0.15, 0.2) is 0 Å². The van der Waals surface area contributed by atoms with Gasteiger partial charge in [0.05, 0.1) is 0 Å². The molecule has 1 rings (SSSR count). The largest absolute Gasteiger partial charge is 0.315 e. The van der Waals surface area contributed by atoms with Gasteiger partial charge in [-0.25, -0.2) is 0 Å². The number of rotatable bonds is 6. The van der Waals surface area contributed by atoms with Crippen LogP contribution < -0.4 is 5.32 Å². The molecule has 1 saturated carbocycles. The van der Waals surface area contributed by atoms with Gasteiger partial charge in [0.2, 0.25) is 0 Å². The molecule has 15 heavy (non-hydrogen) atoms. The molecule has 2 nitrogen and oxygen atoms in total. The van der Waals surface area contributed by atoms with Crippen molar-refractivity contribution >= 4 is 0 Å². The van der Waals surface area contributed by atoms with E-state index in [4.69, 9.17) is 0 Å². The van der Waals surface area contributed by atoms with Gasteiger partial charge in [-0.15, -0.1) is 0 Å². The lowest BCUT2D eigenvalue weighted by Gasteiger charge is -2.26. The first-order valence-electron chi connectivity index (χ1n) is 6.54. The first kappa shape index (κ1) is 13.0. The van der Waals surface area contributed by atoms with Crippen LogP contribution in [0.5, 0.6) is 0 Å². The van der Waals surface area contributed by atoms with Crippen molar-refractivity contribution in [1.82, 2.24) is 10.2 Å². The van der Waals surface area contributed by atoms with Crippen LogP contribution in [0, 0.1) is 11.8 Å². The Labute approximate surface area is 95.4 Å². The molecule has 0 amide bonds. The van der Waals surface area contributed by atoms with E-state index in [1.54, 1.807) is 0 Å². The topological polar surface area (TPSA) is 15.3 Å². The zero-order valence-corrected chi connectivity index (χ0v) is 10.8. The first-order valence-corrected chi connectivity index (χ1v) is 6.54. The molecule has 0 aromatic heterocycles. The maximum Gasteiger partial charge on any atom is 0.0101 e. The van der Waals surface area contributed by atoms with Crippen molar-refractivity contribution in [3.05, 3.63) is 0 Å². The molecule has 0 aliphatic heterocycles. The monoisotopic (exact) mass is 212 g/mol. The van der Waals surface area contributed by atoms with Crippen molar-refractivity contribution in [2.24, 2.45) is 11.8 Å². The molecule has 0 atom stereocenters. The highest BCUT2D eigenvalue weighted by molar-refractivity contribution is 4.70. The van der Waals surface area contributed by atoms with Crippen molar-refractivity contribution in [3.63, 3.8) is 0 Å². The molecule has 0 radical (unpaired) electrons. The van der Waals surface area contributed by atoms with Crippen molar-refractivity contribution in [2.75, 3.05) is 33.7 Å². The van der Waals surface area contributed by atoms with E-state index in [1.165, 1.54) is 38.6 Å². The minimum atomic E-state index is 0.989. The maximum absolute atomic E-state index is 3.53. The second-order valence-electron chi connectivity index (χ2n) is 5.47. The first-order chi connectivity index (χ1) is 7.18. The Balaban J connectivity index is 1.91. The molecule has 0 heterocycles. The normalized spacial score (nSPS) is 27.2. The summed E-state index contributed by atoms with van der Waals surface area (Å²) >= 11 is 0. The van der Waals surface area contributed by atoms with E-state index in [0.717, 1.165) is 24.9 Å². The Kier molecular flexibility index (Phi) is 6.26. The van der Waals surface area contributed by atoms with Gasteiger partial charge < -0.3 is 10.2 Å². The van der Waals surface area contributed by atoms with E-state index in [-0.39, 0.29) is 0 Å². The predicted molar refractivity (Wildman–Crippen MR) is 67.2 cm³/mol. The molecule has 0 unspecified atom stereocenters. The standard InChI is InChI=1S/C13H28N2/c1-12-4-6-13(7-5-12)8-9-14-10-11-15(2)3/h12-14H,4-11H2,1-3H3. The summed E-state index contributed by atoms with van der Waals surface area (Å²) in [6.45, 7) is 5.90. The molecule has 1 N–H and O–H groups in total. The van der Waals surface area contributed by atoms with Crippen LogP contribution in [0.1, 0.15) is 39.0 Å². The summed E-state index contributed by atoms with van der Waals surface area (Å²) in [5, 5.41) is 3.53. The lowest BCUT2D eigenvalue weighted by Crippen LogP contribution is -2.28. The van der Waals surface area contributed by atoms with E-state index in [2.05, 4.69) is 31.2 Å². The highest BCUT2D eigenvalue weighted by Crippen LogP contribution is 2.29. The Bertz CT molecular complexity index is 149. The summed E-state index contributed by atoms with van der Waals surface area (Å²) in [6, 6.07) is 0. The highest BCUT2D eigenvalue weighted by atomic mass is 15.1. The average Bonchev–Trinajstić information content (AvgIpc) is 2.20.